The van der Waals surface area contributed by atoms with Crippen molar-refractivity contribution in [3.8, 4) is 10.6 Å². The average Bonchev–Trinajstić information content (AvgIpc) is 3.32. The van der Waals surface area contributed by atoms with Crippen LogP contribution in [0.2, 0.25) is 0 Å². The number of carbonyl (C=O) groups is 1. The lowest BCUT2D eigenvalue weighted by molar-refractivity contribution is -0.121. The number of hydrogen-bond donors (Lipinski definition) is 1. The summed E-state index contributed by atoms with van der Waals surface area (Å²) in [5.41, 5.74) is 2.38. The number of carbonyl (C=O) groups excluding carboxylic acids is 1. The molecule has 28 heavy (non-hydrogen) atoms. The van der Waals surface area contributed by atoms with Crippen LogP contribution in [0.3, 0.4) is 0 Å². The summed E-state index contributed by atoms with van der Waals surface area (Å²) >= 11 is 1.57. The molecule has 7 nitrogen and oxygen atoms in total. The molecule has 0 radical (unpaired) electrons. The molecule has 0 fully saturated rings. The van der Waals surface area contributed by atoms with E-state index in [2.05, 4.69) is 15.6 Å². The van der Waals surface area contributed by atoms with Crippen LogP contribution < -0.4 is 10.9 Å². The van der Waals surface area contributed by atoms with Crippen LogP contribution in [0.25, 0.3) is 10.6 Å². The molecule has 8 heteroatoms. The van der Waals surface area contributed by atoms with Crippen molar-refractivity contribution in [1.29, 1.82) is 0 Å². The number of thiophene rings is 1. The Bertz CT molecular complexity index is 972. The maximum atomic E-state index is 12.4. The molecule has 3 aromatic rings. The third-order valence-corrected chi connectivity index (χ3v) is 5.57. The molecule has 0 saturated carbocycles. The minimum absolute atomic E-state index is 0.0608. The van der Waals surface area contributed by atoms with Gasteiger partial charge in [0.05, 0.1) is 17.1 Å². The molecule has 0 spiro atoms. The second-order valence-electron chi connectivity index (χ2n) is 6.69. The molecule has 0 saturated heterocycles. The van der Waals surface area contributed by atoms with E-state index >= 15 is 0 Å². The van der Waals surface area contributed by atoms with Crippen molar-refractivity contribution in [2.45, 2.75) is 52.6 Å². The lowest BCUT2D eigenvalue weighted by atomic mass is 10.1. The number of hydrogen-bond acceptors (Lipinski definition) is 6. The van der Waals surface area contributed by atoms with Crippen molar-refractivity contribution in [3.63, 3.8) is 0 Å². The van der Waals surface area contributed by atoms with Gasteiger partial charge >= 0.3 is 0 Å². The van der Waals surface area contributed by atoms with Crippen molar-refractivity contribution < 1.29 is 9.32 Å². The van der Waals surface area contributed by atoms with Gasteiger partial charge in [-0.3, -0.25) is 9.59 Å². The Labute approximate surface area is 167 Å². The molecular formula is C20H24N4O3S. The fourth-order valence-electron chi connectivity index (χ4n) is 3.02. The van der Waals surface area contributed by atoms with Crippen LogP contribution in [0.1, 0.15) is 36.8 Å². The number of nitrogens with zero attached hydrogens (tertiary/aromatic N) is 3. The van der Waals surface area contributed by atoms with Crippen LogP contribution in [0.15, 0.2) is 39.0 Å². The van der Waals surface area contributed by atoms with Gasteiger partial charge < -0.3 is 9.84 Å². The number of nitrogens with one attached hydrogen (secondary N) is 1. The zero-order valence-corrected chi connectivity index (χ0v) is 17.1. The van der Waals surface area contributed by atoms with E-state index in [1.165, 1.54) is 10.7 Å². The van der Waals surface area contributed by atoms with Crippen molar-refractivity contribution >= 4 is 17.2 Å². The normalized spacial score (nSPS) is 12.1. The Morgan fingerprint density at radius 3 is 2.79 bits per heavy atom. The summed E-state index contributed by atoms with van der Waals surface area (Å²) in [4.78, 5) is 25.6. The zero-order chi connectivity index (χ0) is 20.1. The third kappa shape index (κ3) is 4.75. The molecule has 3 aromatic heterocycles. The molecule has 0 aliphatic heterocycles. The molecular weight excluding hydrogens is 376 g/mol. The van der Waals surface area contributed by atoms with E-state index in [4.69, 9.17) is 4.52 Å². The molecule has 3 heterocycles. The molecule has 0 aliphatic rings. The summed E-state index contributed by atoms with van der Waals surface area (Å²) < 4.78 is 6.57. The van der Waals surface area contributed by atoms with E-state index in [1.54, 1.807) is 17.4 Å². The summed E-state index contributed by atoms with van der Waals surface area (Å²) in [5, 5.41) is 13.4. The number of rotatable bonds is 8. The molecule has 0 aliphatic carbocycles. The van der Waals surface area contributed by atoms with Gasteiger partial charge in [-0.1, -0.05) is 18.1 Å². The van der Waals surface area contributed by atoms with Crippen molar-refractivity contribution in [3.05, 3.63) is 57.0 Å². The van der Waals surface area contributed by atoms with Crippen molar-refractivity contribution in [2.24, 2.45) is 0 Å². The molecule has 0 unspecified atom stereocenters. The number of aryl methyl sites for hydroxylation is 2. The first-order chi connectivity index (χ1) is 13.5. The van der Waals surface area contributed by atoms with Crippen molar-refractivity contribution in [1.82, 2.24) is 20.3 Å². The highest BCUT2D eigenvalue weighted by Crippen LogP contribution is 2.21. The van der Waals surface area contributed by atoms with E-state index in [1.807, 2.05) is 38.3 Å². The van der Waals surface area contributed by atoms with Crippen LogP contribution in [0.5, 0.6) is 0 Å². The predicted octanol–water partition coefficient (Wildman–Crippen LogP) is 3.10. The van der Waals surface area contributed by atoms with Gasteiger partial charge in [0.25, 0.3) is 5.56 Å². The molecule has 1 N–H and O–H groups in total. The van der Waals surface area contributed by atoms with Gasteiger partial charge in [-0.25, -0.2) is 4.68 Å². The first-order valence-corrected chi connectivity index (χ1v) is 10.2. The quantitative estimate of drug-likeness (QED) is 0.627. The standard InChI is InChI=1S/C20H24N4O3S/c1-4-15(21-19(25)9-7-16-13(2)23-27-14(16)3)12-24-20(26)10-8-17(22-24)18-6-5-11-28-18/h5-6,8,10-11,15H,4,7,9,12H2,1-3H3,(H,21,25)/t15-/m0/s1. The van der Waals surface area contributed by atoms with E-state index in [0.29, 0.717) is 25.8 Å². The SMILES string of the molecule is CC[C@@H](Cn1nc(-c2cccs2)ccc1=O)NC(=O)CCc1c(C)noc1C. The Balaban J connectivity index is 1.63. The highest BCUT2D eigenvalue weighted by Gasteiger charge is 2.15. The van der Waals surface area contributed by atoms with E-state index in [9.17, 15) is 9.59 Å². The average molecular weight is 401 g/mol. The summed E-state index contributed by atoms with van der Waals surface area (Å²) in [6.45, 7) is 6.04. The van der Waals surface area contributed by atoms with Crippen LogP contribution in [-0.4, -0.2) is 26.9 Å². The van der Waals surface area contributed by atoms with Gasteiger partial charge in [-0.05, 0) is 44.2 Å². The van der Waals surface area contributed by atoms with Gasteiger partial charge in [-0.15, -0.1) is 11.3 Å². The minimum Gasteiger partial charge on any atom is -0.361 e. The fraction of sp³-hybridized carbons (Fsp3) is 0.400. The molecule has 1 amide bonds. The second-order valence-corrected chi connectivity index (χ2v) is 7.64. The Morgan fingerprint density at radius 1 is 1.32 bits per heavy atom. The van der Waals surface area contributed by atoms with E-state index in [-0.39, 0.29) is 17.5 Å². The largest absolute Gasteiger partial charge is 0.361 e. The van der Waals surface area contributed by atoms with Gasteiger partial charge in [0.1, 0.15) is 11.5 Å². The highest BCUT2D eigenvalue weighted by molar-refractivity contribution is 7.13. The third-order valence-electron chi connectivity index (χ3n) is 4.67. The van der Waals surface area contributed by atoms with Crippen LogP contribution >= 0.6 is 11.3 Å². The lowest BCUT2D eigenvalue weighted by Gasteiger charge is -2.18. The summed E-state index contributed by atoms with van der Waals surface area (Å²) in [6.07, 6.45) is 1.63. The predicted molar refractivity (Wildman–Crippen MR) is 108 cm³/mol. The summed E-state index contributed by atoms with van der Waals surface area (Å²) in [6, 6.07) is 7.00. The molecule has 3 rings (SSSR count). The van der Waals surface area contributed by atoms with Gasteiger partial charge in [0.2, 0.25) is 5.91 Å². The molecule has 0 bridgehead atoms. The maximum Gasteiger partial charge on any atom is 0.266 e. The molecule has 1 atom stereocenters. The molecule has 0 aromatic carbocycles. The second kappa shape index (κ2) is 8.97. The van der Waals surface area contributed by atoms with Crippen molar-refractivity contribution in [2.75, 3.05) is 0 Å². The van der Waals surface area contributed by atoms with Crippen LogP contribution in [0.4, 0.5) is 0 Å². The number of amides is 1. The monoisotopic (exact) mass is 400 g/mol. The van der Waals surface area contributed by atoms with E-state index < -0.39 is 0 Å². The topological polar surface area (TPSA) is 90.0 Å². The van der Waals surface area contributed by atoms with Gasteiger partial charge in [0, 0.05) is 24.1 Å². The first kappa shape index (κ1) is 20.0. The highest BCUT2D eigenvalue weighted by atomic mass is 32.1. The Hall–Kier alpha value is -2.74. The number of aromatic nitrogens is 3. The summed E-state index contributed by atoms with van der Waals surface area (Å²) in [5.74, 6) is 0.688. The fourth-order valence-corrected chi connectivity index (χ4v) is 3.71. The van der Waals surface area contributed by atoms with E-state index in [0.717, 1.165) is 27.6 Å². The van der Waals surface area contributed by atoms with Gasteiger partial charge in [-0.2, -0.15) is 5.10 Å². The Kier molecular flexibility index (Phi) is 6.41. The summed E-state index contributed by atoms with van der Waals surface area (Å²) in [7, 11) is 0. The zero-order valence-electron chi connectivity index (χ0n) is 16.3. The molecule has 148 valence electrons. The first-order valence-electron chi connectivity index (χ1n) is 9.31. The lowest BCUT2D eigenvalue weighted by Crippen LogP contribution is -2.40. The van der Waals surface area contributed by atoms with Gasteiger partial charge in [0.15, 0.2) is 0 Å². The van der Waals surface area contributed by atoms with Crippen LogP contribution in [0, 0.1) is 13.8 Å². The minimum atomic E-state index is -0.177. The Morgan fingerprint density at radius 2 is 2.14 bits per heavy atom. The maximum absolute atomic E-state index is 12.4. The smallest absolute Gasteiger partial charge is 0.266 e. The van der Waals surface area contributed by atoms with Crippen LogP contribution in [-0.2, 0) is 17.8 Å².